The quantitative estimate of drug-likeness (QED) is 0.504. The van der Waals surface area contributed by atoms with Crippen molar-refractivity contribution in [2.75, 3.05) is 0 Å². The Labute approximate surface area is 65.3 Å². The molecule has 0 saturated carbocycles. The molecule has 3 aliphatic heterocycles. The molecule has 2 bridgehead atoms. The molecule has 5 unspecified atom stereocenters. The van der Waals surface area contributed by atoms with Crippen LogP contribution in [-0.2, 0) is 9.47 Å². The molecule has 0 aromatic carbocycles. The molecular formula is C8H12O3. The van der Waals surface area contributed by atoms with Crippen LogP contribution in [0.1, 0.15) is 19.3 Å². The monoisotopic (exact) mass is 156 g/mol. The summed E-state index contributed by atoms with van der Waals surface area (Å²) in [7, 11) is 0. The fraction of sp³-hybridized carbons (Fsp3) is 1.00. The van der Waals surface area contributed by atoms with Gasteiger partial charge in [-0.25, -0.2) is 0 Å². The second-order valence-corrected chi connectivity index (χ2v) is 3.73. The van der Waals surface area contributed by atoms with Gasteiger partial charge in [-0.05, 0) is 12.8 Å². The number of aliphatic hydroxyl groups is 1. The highest BCUT2D eigenvalue weighted by Gasteiger charge is 2.54. The summed E-state index contributed by atoms with van der Waals surface area (Å²) in [5, 5.41) is 9.48. The summed E-state index contributed by atoms with van der Waals surface area (Å²) in [5.41, 5.74) is 0. The minimum absolute atomic E-state index is 0.0671. The van der Waals surface area contributed by atoms with E-state index in [-0.39, 0.29) is 12.2 Å². The Morgan fingerprint density at radius 1 is 1.00 bits per heavy atom. The van der Waals surface area contributed by atoms with Gasteiger partial charge in [0, 0.05) is 6.42 Å². The number of epoxide rings is 1. The molecule has 0 aliphatic carbocycles. The van der Waals surface area contributed by atoms with Gasteiger partial charge < -0.3 is 14.6 Å². The smallest absolute Gasteiger partial charge is 0.110 e. The average Bonchev–Trinajstić information content (AvgIpc) is 2.75. The Bertz CT molecular complexity index is 182. The Hall–Kier alpha value is -0.120. The Kier molecular flexibility index (Phi) is 1.15. The SMILES string of the molecule is OC1CCC2OC1CC1OC21. The molecule has 3 rings (SSSR count). The molecule has 1 N–H and O–H groups in total. The van der Waals surface area contributed by atoms with E-state index < -0.39 is 0 Å². The van der Waals surface area contributed by atoms with E-state index in [1.54, 1.807) is 0 Å². The third-order valence-electron chi connectivity index (χ3n) is 2.98. The minimum Gasteiger partial charge on any atom is -0.390 e. The molecular weight excluding hydrogens is 144 g/mol. The molecule has 62 valence electrons. The van der Waals surface area contributed by atoms with Crippen molar-refractivity contribution < 1.29 is 14.6 Å². The normalized spacial score (nSPS) is 60.3. The summed E-state index contributed by atoms with van der Waals surface area (Å²) in [4.78, 5) is 0. The fourth-order valence-corrected chi connectivity index (χ4v) is 2.26. The molecule has 3 saturated heterocycles. The molecule has 0 amide bonds. The maximum atomic E-state index is 9.48. The average molecular weight is 156 g/mol. The number of hydrogen-bond donors (Lipinski definition) is 1. The molecule has 3 nitrogen and oxygen atoms in total. The molecule has 3 heteroatoms. The van der Waals surface area contributed by atoms with Crippen molar-refractivity contribution in [2.24, 2.45) is 0 Å². The molecule has 11 heavy (non-hydrogen) atoms. The largest absolute Gasteiger partial charge is 0.390 e. The molecule has 3 fully saturated rings. The van der Waals surface area contributed by atoms with Gasteiger partial charge in [0.1, 0.15) is 6.10 Å². The van der Waals surface area contributed by atoms with Gasteiger partial charge in [-0.15, -0.1) is 0 Å². The Morgan fingerprint density at radius 2 is 1.91 bits per heavy atom. The summed E-state index contributed by atoms with van der Waals surface area (Å²) in [5.74, 6) is 0. The predicted molar refractivity (Wildman–Crippen MR) is 37.2 cm³/mol. The van der Waals surface area contributed by atoms with Gasteiger partial charge in [-0.3, -0.25) is 0 Å². The lowest BCUT2D eigenvalue weighted by Gasteiger charge is -2.35. The van der Waals surface area contributed by atoms with E-state index in [2.05, 4.69) is 0 Å². The predicted octanol–water partition coefficient (Wildman–Crippen LogP) is 0.0660. The standard InChI is InChI=1S/C8H12O3/c9-4-1-2-5-8-7(11-8)3-6(4)10-5/h4-9H,1-3H2. The molecule has 0 aromatic rings. The van der Waals surface area contributed by atoms with Crippen LogP contribution in [-0.4, -0.2) is 35.6 Å². The molecule has 0 spiro atoms. The third-order valence-corrected chi connectivity index (χ3v) is 2.98. The first-order valence-corrected chi connectivity index (χ1v) is 4.33. The second kappa shape index (κ2) is 1.97. The van der Waals surface area contributed by atoms with Gasteiger partial charge in [-0.1, -0.05) is 0 Å². The van der Waals surface area contributed by atoms with Crippen molar-refractivity contribution in [3.63, 3.8) is 0 Å². The van der Waals surface area contributed by atoms with Crippen LogP contribution in [0, 0.1) is 0 Å². The van der Waals surface area contributed by atoms with Crippen molar-refractivity contribution in [1.29, 1.82) is 0 Å². The maximum Gasteiger partial charge on any atom is 0.110 e. The molecule has 3 aliphatic rings. The first-order valence-electron chi connectivity index (χ1n) is 4.33. The van der Waals surface area contributed by atoms with Crippen LogP contribution >= 0.6 is 0 Å². The minimum atomic E-state index is -0.239. The lowest BCUT2D eigenvalue weighted by atomic mass is 9.90. The van der Waals surface area contributed by atoms with Crippen molar-refractivity contribution in [3.05, 3.63) is 0 Å². The van der Waals surface area contributed by atoms with Gasteiger partial charge in [0.05, 0.1) is 24.4 Å². The zero-order valence-electron chi connectivity index (χ0n) is 6.27. The summed E-state index contributed by atoms with van der Waals surface area (Å²) in [6.07, 6.45) is 3.67. The van der Waals surface area contributed by atoms with Gasteiger partial charge in [0.15, 0.2) is 0 Å². The summed E-state index contributed by atoms with van der Waals surface area (Å²) in [6.45, 7) is 0. The first-order chi connectivity index (χ1) is 5.34. The van der Waals surface area contributed by atoms with E-state index in [1.165, 1.54) is 0 Å². The van der Waals surface area contributed by atoms with Crippen LogP contribution < -0.4 is 0 Å². The summed E-state index contributed by atoms with van der Waals surface area (Å²) < 4.78 is 11.0. The van der Waals surface area contributed by atoms with Gasteiger partial charge >= 0.3 is 0 Å². The van der Waals surface area contributed by atoms with Gasteiger partial charge in [0.25, 0.3) is 0 Å². The zero-order valence-corrected chi connectivity index (χ0v) is 6.27. The number of hydrogen-bond acceptors (Lipinski definition) is 3. The lowest BCUT2D eigenvalue weighted by molar-refractivity contribution is -0.133. The maximum absolute atomic E-state index is 9.48. The van der Waals surface area contributed by atoms with Crippen LogP contribution in [0.2, 0.25) is 0 Å². The van der Waals surface area contributed by atoms with Crippen LogP contribution in [0.3, 0.4) is 0 Å². The summed E-state index contributed by atoms with van der Waals surface area (Å²) >= 11 is 0. The highest BCUT2D eigenvalue weighted by atomic mass is 16.6. The van der Waals surface area contributed by atoms with Crippen molar-refractivity contribution in [1.82, 2.24) is 0 Å². The Morgan fingerprint density at radius 3 is 2.82 bits per heavy atom. The highest BCUT2D eigenvalue weighted by molar-refractivity contribution is 5.01. The van der Waals surface area contributed by atoms with E-state index in [4.69, 9.17) is 9.47 Å². The third kappa shape index (κ3) is 0.849. The number of fused-ring (bicyclic) bond motifs is 4. The van der Waals surface area contributed by atoms with Crippen molar-refractivity contribution in [2.45, 2.75) is 49.8 Å². The fourth-order valence-electron chi connectivity index (χ4n) is 2.26. The Balaban J connectivity index is 1.81. The van der Waals surface area contributed by atoms with E-state index in [0.717, 1.165) is 19.3 Å². The van der Waals surface area contributed by atoms with E-state index in [9.17, 15) is 5.11 Å². The van der Waals surface area contributed by atoms with Crippen molar-refractivity contribution >= 4 is 0 Å². The van der Waals surface area contributed by atoms with E-state index in [0.29, 0.717) is 18.3 Å². The molecule has 0 aromatic heterocycles. The van der Waals surface area contributed by atoms with Crippen LogP contribution in [0.5, 0.6) is 0 Å². The number of aliphatic hydroxyl groups excluding tert-OH is 1. The van der Waals surface area contributed by atoms with E-state index >= 15 is 0 Å². The summed E-state index contributed by atoms with van der Waals surface area (Å²) in [6, 6.07) is 0. The van der Waals surface area contributed by atoms with Gasteiger partial charge in [-0.2, -0.15) is 0 Å². The lowest BCUT2D eigenvalue weighted by Crippen LogP contribution is -2.45. The second-order valence-electron chi connectivity index (χ2n) is 3.73. The van der Waals surface area contributed by atoms with Gasteiger partial charge in [0.2, 0.25) is 0 Å². The van der Waals surface area contributed by atoms with Crippen molar-refractivity contribution in [3.8, 4) is 0 Å². The zero-order chi connectivity index (χ0) is 7.42. The first kappa shape index (κ1) is 6.40. The van der Waals surface area contributed by atoms with Crippen LogP contribution in [0.15, 0.2) is 0 Å². The number of ether oxygens (including phenoxy) is 2. The van der Waals surface area contributed by atoms with E-state index in [1.807, 2.05) is 0 Å². The van der Waals surface area contributed by atoms with Crippen LogP contribution in [0.25, 0.3) is 0 Å². The number of rotatable bonds is 0. The topological polar surface area (TPSA) is 42.0 Å². The molecule has 5 atom stereocenters. The molecule has 0 radical (unpaired) electrons. The molecule has 3 heterocycles. The van der Waals surface area contributed by atoms with Crippen LogP contribution in [0.4, 0.5) is 0 Å². The highest BCUT2D eigenvalue weighted by Crippen LogP contribution is 2.42.